The van der Waals surface area contributed by atoms with Gasteiger partial charge in [-0.15, -0.1) is 0 Å². The Morgan fingerprint density at radius 2 is 2.24 bits per heavy atom. The molecule has 6 heteroatoms. The topological polar surface area (TPSA) is 62.7 Å². The predicted octanol–water partition coefficient (Wildman–Crippen LogP) is 2.94. The van der Waals surface area contributed by atoms with Crippen LogP contribution in [0.1, 0.15) is 19.9 Å². The van der Waals surface area contributed by atoms with Gasteiger partial charge in [0.25, 0.3) is 0 Å². The number of carbonyl (C=O) groups is 1. The molecule has 2 N–H and O–H groups in total. The molecule has 1 unspecified atom stereocenters. The summed E-state index contributed by atoms with van der Waals surface area (Å²) in [6, 6.07) is 7.47. The maximum absolute atomic E-state index is 12.2. The number of H-pyrrole nitrogens is 1. The quantitative estimate of drug-likeness (QED) is 0.731. The first-order valence-electron chi connectivity index (χ1n) is 6.89. The van der Waals surface area contributed by atoms with Gasteiger partial charge in [0.05, 0.1) is 22.7 Å². The van der Waals surface area contributed by atoms with Crippen LogP contribution >= 0.6 is 12.2 Å². The summed E-state index contributed by atoms with van der Waals surface area (Å²) < 4.78 is 2.39. The van der Waals surface area contributed by atoms with Gasteiger partial charge < -0.3 is 14.9 Å². The van der Waals surface area contributed by atoms with E-state index in [1.807, 2.05) is 42.7 Å². The summed E-state index contributed by atoms with van der Waals surface area (Å²) in [6.45, 7) is 4.35. The van der Waals surface area contributed by atoms with E-state index in [2.05, 4.69) is 15.3 Å². The maximum Gasteiger partial charge on any atom is 0.242 e. The van der Waals surface area contributed by atoms with Crippen molar-refractivity contribution in [3.63, 3.8) is 0 Å². The average Bonchev–Trinajstić information content (AvgIpc) is 2.83. The zero-order chi connectivity index (χ0) is 15.0. The molecule has 0 aliphatic carbocycles. The lowest BCUT2D eigenvalue weighted by atomic mass is 10.2. The largest absolute Gasteiger partial charge is 0.355 e. The predicted molar refractivity (Wildman–Crippen MR) is 85.8 cm³/mol. The van der Waals surface area contributed by atoms with Crippen molar-refractivity contribution in [2.24, 2.45) is 0 Å². The molecule has 0 aliphatic rings. The minimum Gasteiger partial charge on any atom is -0.355 e. The Balaban J connectivity index is 2.31. The second kappa shape index (κ2) is 5.29. The number of amides is 1. The van der Waals surface area contributed by atoms with Gasteiger partial charge >= 0.3 is 0 Å². The zero-order valence-corrected chi connectivity index (χ0v) is 12.7. The van der Waals surface area contributed by atoms with Gasteiger partial charge in [-0.05, 0) is 32.1 Å². The smallest absolute Gasteiger partial charge is 0.242 e. The fourth-order valence-electron chi connectivity index (χ4n) is 2.56. The van der Waals surface area contributed by atoms with Crippen LogP contribution in [0.2, 0.25) is 0 Å². The summed E-state index contributed by atoms with van der Waals surface area (Å²) in [6.07, 6.45) is 1.76. The molecule has 0 radical (unpaired) electrons. The van der Waals surface area contributed by atoms with Crippen molar-refractivity contribution >= 4 is 40.1 Å². The maximum atomic E-state index is 12.2. The van der Waals surface area contributed by atoms with E-state index in [-0.39, 0.29) is 11.9 Å². The van der Waals surface area contributed by atoms with Crippen LogP contribution in [0.3, 0.4) is 0 Å². The highest BCUT2D eigenvalue weighted by atomic mass is 32.1. The van der Waals surface area contributed by atoms with E-state index < -0.39 is 0 Å². The Labute approximate surface area is 127 Å². The Morgan fingerprint density at radius 1 is 1.48 bits per heavy atom. The van der Waals surface area contributed by atoms with Gasteiger partial charge in [0.2, 0.25) is 5.91 Å². The summed E-state index contributed by atoms with van der Waals surface area (Å²) in [7, 11) is 0. The molecule has 0 bridgehead atoms. The molecular formula is C15H16N4OS. The zero-order valence-electron chi connectivity index (χ0n) is 11.9. The molecule has 21 heavy (non-hydrogen) atoms. The number of hydrogen-bond acceptors (Lipinski definition) is 3. The summed E-state index contributed by atoms with van der Waals surface area (Å²) >= 11 is 5.40. The molecule has 1 amide bonds. The van der Waals surface area contributed by atoms with Gasteiger partial charge in [0.1, 0.15) is 6.04 Å². The van der Waals surface area contributed by atoms with E-state index >= 15 is 0 Å². The van der Waals surface area contributed by atoms with E-state index in [1.54, 1.807) is 6.20 Å². The van der Waals surface area contributed by atoms with Crippen molar-refractivity contribution < 1.29 is 4.79 Å². The molecular weight excluding hydrogens is 284 g/mol. The Kier molecular flexibility index (Phi) is 3.47. The number of nitrogens with zero attached hydrogens (tertiary/aromatic N) is 2. The summed E-state index contributed by atoms with van der Waals surface area (Å²) in [5.74, 6) is -0.0459. The summed E-state index contributed by atoms with van der Waals surface area (Å²) in [4.78, 5) is 19.7. The number of pyridine rings is 1. The standard InChI is InChI=1S/C15H16N4OS/c1-3-16-14(20)9(2)19-13-10-6-4-5-7-11(10)17-8-12(13)18-15(19)21/h4-9H,3H2,1-2H3,(H,16,20)(H,18,21). The lowest BCUT2D eigenvalue weighted by Gasteiger charge is -2.14. The third-order valence-corrected chi connectivity index (χ3v) is 3.86. The van der Waals surface area contributed by atoms with Gasteiger partial charge in [-0.2, -0.15) is 0 Å². The van der Waals surface area contributed by atoms with Gasteiger partial charge in [0.15, 0.2) is 4.77 Å². The SMILES string of the molecule is CCNC(=O)C(C)n1c(=S)[nH]c2cnc3ccccc3c21. The molecule has 5 nitrogen and oxygen atoms in total. The van der Waals surface area contributed by atoms with Crippen molar-refractivity contribution in [2.45, 2.75) is 19.9 Å². The number of fused-ring (bicyclic) bond motifs is 3. The first-order chi connectivity index (χ1) is 10.1. The van der Waals surface area contributed by atoms with Gasteiger partial charge in [0, 0.05) is 11.9 Å². The summed E-state index contributed by atoms with van der Waals surface area (Å²) in [5.41, 5.74) is 2.65. The molecule has 2 aromatic heterocycles. The van der Waals surface area contributed by atoms with Crippen LogP contribution in [0.5, 0.6) is 0 Å². The first kappa shape index (κ1) is 13.8. The number of benzene rings is 1. The second-order valence-electron chi connectivity index (χ2n) is 4.91. The lowest BCUT2D eigenvalue weighted by molar-refractivity contribution is -0.123. The minimum atomic E-state index is -0.378. The minimum absolute atomic E-state index is 0.0459. The van der Waals surface area contributed by atoms with Gasteiger partial charge in [-0.1, -0.05) is 18.2 Å². The molecule has 1 atom stereocenters. The fourth-order valence-corrected chi connectivity index (χ4v) is 2.92. The molecule has 108 valence electrons. The first-order valence-corrected chi connectivity index (χ1v) is 7.30. The van der Waals surface area contributed by atoms with E-state index in [1.165, 1.54) is 0 Å². The number of aromatic nitrogens is 3. The number of hydrogen-bond donors (Lipinski definition) is 2. The molecule has 0 saturated carbocycles. The number of rotatable bonds is 3. The summed E-state index contributed by atoms with van der Waals surface area (Å²) in [5, 5.41) is 3.82. The second-order valence-corrected chi connectivity index (χ2v) is 5.30. The van der Waals surface area contributed by atoms with Crippen molar-refractivity contribution in [3.05, 3.63) is 35.2 Å². The molecule has 0 spiro atoms. The van der Waals surface area contributed by atoms with Crippen molar-refractivity contribution in [1.82, 2.24) is 19.9 Å². The molecule has 3 aromatic rings. The van der Waals surface area contributed by atoms with Crippen LogP contribution in [0.25, 0.3) is 21.9 Å². The number of carbonyl (C=O) groups excluding carboxylic acids is 1. The van der Waals surface area contributed by atoms with Gasteiger partial charge in [-0.3, -0.25) is 9.78 Å². The number of para-hydroxylation sites is 1. The van der Waals surface area contributed by atoms with E-state index in [0.29, 0.717) is 11.3 Å². The third kappa shape index (κ3) is 2.21. The van der Waals surface area contributed by atoms with Crippen LogP contribution in [-0.2, 0) is 4.79 Å². The molecule has 1 aromatic carbocycles. The molecule has 3 rings (SSSR count). The van der Waals surface area contributed by atoms with Crippen LogP contribution in [0.4, 0.5) is 0 Å². The third-order valence-electron chi connectivity index (χ3n) is 3.57. The van der Waals surface area contributed by atoms with Crippen LogP contribution in [0.15, 0.2) is 30.5 Å². The fraction of sp³-hybridized carbons (Fsp3) is 0.267. The highest BCUT2D eigenvalue weighted by Gasteiger charge is 2.19. The Hall–Kier alpha value is -2.21. The molecule has 0 fully saturated rings. The lowest BCUT2D eigenvalue weighted by Crippen LogP contribution is -2.30. The highest BCUT2D eigenvalue weighted by Crippen LogP contribution is 2.26. The van der Waals surface area contributed by atoms with Crippen LogP contribution in [0, 0.1) is 4.77 Å². The van der Waals surface area contributed by atoms with Gasteiger partial charge in [-0.25, -0.2) is 0 Å². The average molecular weight is 300 g/mol. The monoisotopic (exact) mass is 300 g/mol. The van der Waals surface area contributed by atoms with Crippen LogP contribution in [-0.4, -0.2) is 27.0 Å². The number of nitrogens with one attached hydrogen (secondary N) is 2. The van der Waals surface area contributed by atoms with Crippen molar-refractivity contribution in [2.75, 3.05) is 6.54 Å². The van der Waals surface area contributed by atoms with E-state index in [9.17, 15) is 4.79 Å². The molecule has 2 heterocycles. The van der Waals surface area contributed by atoms with E-state index in [4.69, 9.17) is 12.2 Å². The molecule has 0 saturated heterocycles. The van der Waals surface area contributed by atoms with Crippen molar-refractivity contribution in [1.29, 1.82) is 0 Å². The van der Waals surface area contributed by atoms with Crippen molar-refractivity contribution in [3.8, 4) is 0 Å². The number of imidazole rings is 1. The normalized spacial score (nSPS) is 12.7. The van der Waals surface area contributed by atoms with E-state index in [0.717, 1.165) is 21.9 Å². The Morgan fingerprint density at radius 3 is 3.00 bits per heavy atom. The van der Waals surface area contributed by atoms with Crippen LogP contribution < -0.4 is 5.32 Å². The number of aromatic amines is 1. The molecule has 0 aliphatic heterocycles. The number of likely N-dealkylation sites (N-methyl/N-ethyl adjacent to an activating group) is 1. The highest BCUT2D eigenvalue weighted by molar-refractivity contribution is 7.71. The Bertz CT molecular complexity index is 880.